The minimum atomic E-state index is -0.759. The summed E-state index contributed by atoms with van der Waals surface area (Å²) < 4.78 is 2.63. The first-order valence-corrected chi connectivity index (χ1v) is 10.0. The van der Waals surface area contributed by atoms with Crippen molar-refractivity contribution in [3.8, 4) is 5.69 Å². The van der Waals surface area contributed by atoms with Gasteiger partial charge in [0, 0.05) is 31.4 Å². The van der Waals surface area contributed by atoms with Crippen molar-refractivity contribution in [1.82, 2.24) is 19.3 Å². The van der Waals surface area contributed by atoms with Crippen LogP contribution in [-0.2, 0) is 6.54 Å². The van der Waals surface area contributed by atoms with Crippen LogP contribution in [0.1, 0.15) is 37.2 Å². The van der Waals surface area contributed by atoms with Gasteiger partial charge in [-0.1, -0.05) is 13.3 Å². The molecule has 3 rings (SSSR count). The lowest BCUT2D eigenvalue weighted by Gasteiger charge is -2.22. The average Bonchev–Trinajstić information content (AvgIpc) is 3.26. The number of nitro groups is 1. The maximum atomic E-state index is 13.1. The van der Waals surface area contributed by atoms with Gasteiger partial charge in [-0.25, -0.2) is 9.48 Å². The van der Waals surface area contributed by atoms with Crippen molar-refractivity contribution in [3.05, 3.63) is 73.2 Å². The van der Waals surface area contributed by atoms with Crippen LogP contribution in [0.4, 0.5) is 17.2 Å². The van der Waals surface area contributed by atoms with Gasteiger partial charge in [0.2, 0.25) is 0 Å². The number of carbonyl (C=O) groups is 1. The lowest BCUT2D eigenvalue weighted by Crippen LogP contribution is -2.41. The predicted molar refractivity (Wildman–Crippen MR) is 118 cm³/mol. The van der Waals surface area contributed by atoms with E-state index in [1.807, 2.05) is 6.92 Å². The molecule has 0 saturated heterocycles. The molecule has 0 bridgehead atoms. The van der Waals surface area contributed by atoms with Crippen LogP contribution in [0.25, 0.3) is 5.69 Å². The Morgan fingerprint density at radius 2 is 1.91 bits per heavy atom. The first-order valence-electron chi connectivity index (χ1n) is 10.0. The van der Waals surface area contributed by atoms with Gasteiger partial charge in [0.1, 0.15) is 5.82 Å². The fourth-order valence-corrected chi connectivity index (χ4v) is 3.23. The number of carbonyl (C=O) groups excluding carboxylic acids is 1. The average molecular weight is 441 g/mol. The largest absolute Gasteiger partial charge is 0.383 e. The zero-order chi connectivity index (χ0) is 23.4. The molecule has 0 fully saturated rings. The van der Waals surface area contributed by atoms with Crippen molar-refractivity contribution in [2.75, 3.05) is 17.2 Å². The quantitative estimate of drug-likeness (QED) is 0.397. The molecule has 32 heavy (non-hydrogen) atoms. The van der Waals surface area contributed by atoms with Crippen molar-refractivity contribution >= 4 is 23.1 Å². The summed E-state index contributed by atoms with van der Waals surface area (Å²) >= 11 is 0. The summed E-state index contributed by atoms with van der Waals surface area (Å²) in [5.41, 5.74) is 5.11. The molecule has 0 unspecified atom stereocenters. The summed E-state index contributed by atoms with van der Waals surface area (Å²) in [6, 6.07) is 7.13. The minimum Gasteiger partial charge on any atom is -0.383 e. The highest BCUT2D eigenvalue weighted by Gasteiger charge is 2.25. The summed E-state index contributed by atoms with van der Waals surface area (Å²) in [6.07, 6.45) is 3.02. The van der Waals surface area contributed by atoms with Gasteiger partial charge in [-0.15, -0.1) is 0 Å². The Balaban J connectivity index is 1.96. The van der Waals surface area contributed by atoms with Gasteiger partial charge < -0.3 is 5.73 Å². The molecule has 168 valence electrons. The Kier molecular flexibility index (Phi) is 6.52. The number of rotatable bonds is 8. The van der Waals surface area contributed by atoms with Gasteiger partial charge in [0.25, 0.3) is 17.2 Å². The van der Waals surface area contributed by atoms with Crippen LogP contribution in [-0.4, -0.2) is 36.7 Å². The highest BCUT2D eigenvalue weighted by atomic mass is 16.6. The maximum Gasteiger partial charge on any atom is 0.330 e. The second kappa shape index (κ2) is 9.29. The molecule has 12 nitrogen and oxygen atoms in total. The molecule has 0 radical (unpaired) electrons. The lowest BCUT2D eigenvalue weighted by molar-refractivity contribution is -0.384. The molecule has 12 heteroatoms. The first kappa shape index (κ1) is 22.5. The van der Waals surface area contributed by atoms with E-state index in [-0.39, 0.29) is 29.4 Å². The summed E-state index contributed by atoms with van der Waals surface area (Å²) in [5.74, 6) is -0.664. The Hall–Kier alpha value is -4.22. The van der Waals surface area contributed by atoms with Crippen LogP contribution < -0.4 is 21.9 Å². The molecule has 1 aromatic carbocycles. The zero-order valence-electron chi connectivity index (χ0n) is 17.6. The molecule has 3 N–H and O–H groups in total. The molecule has 0 aliphatic heterocycles. The van der Waals surface area contributed by atoms with Gasteiger partial charge in [0.05, 0.1) is 10.6 Å². The molecular formula is C20H23N7O5. The van der Waals surface area contributed by atoms with Crippen LogP contribution in [0.2, 0.25) is 0 Å². The molecule has 0 spiro atoms. The van der Waals surface area contributed by atoms with Crippen molar-refractivity contribution in [1.29, 1.82) is 0 Å². The fourth-order valence-electron chi connectivity index (χ4n) is 3.23. The third-order valence-electron chi connectivity index (χ3n) is 4.91. The molecule has 0 saturated carbocycles. The van der Waals surface area contributed by atoms with E-state index in [9.17, 15) is 24.5 Å². The normalized spacial score (nSPS) is 10.8. The smallest absolute Gasteiger partial charge is 0.330 e. The molecule has 1 amide bonds. The second-order valence-electron chi connectivity index (χ2n) is 6.97. The number of H-pyrrole nitrogens is 1. The maximum absolute atomic E-state index is 13.1. The summed E-state index contributed by atoms with van der Waals surface area (Å²) in [5, 5.41) is 15.0. The highest BCUT2D eigenvalue weighted by molar-refractivity contribution is 6.05. The number of hydrogen-bond donors (Lipinski definition) is 2. The van der Waals surface area contributed by atoms with E-state index in [0.717, 1.165) is 6.42 Å². The van der Waals surface area contributed by atoms with Gasteiger partial charge >= 0.3 is 5.69 Å². The number of aromatic amines is 1. The molecule has 2 heterocycles. The van der Waals surface area contributed by atoms with Crippen LogP contribution in [0.3, 0.4) is 0 Å². The highest BCUT2D eigenvalue weighted by Crippen LogP contribution is 2.20. The van der Waals surface area contributed by atoms with E-state index < -0.39 is 22.1 Å². The third-order valence-corrected chi connectivity index (χ3v) is 4.91. The van der Waals surface area contributed by atoms with E-state index in [1.165, 1.54) is 50.7 Å². The van der Waals surface area contributed by atoms with E-state index in [0.29, 0.717) is 18.7 Å². The zero-order valence-corrected chi connectivity index (χ0v) is 17.6. The first-order chi connectivity index (χ1) is 15.3. The number of benzene rings is 1. The van der Waals surface area contributed by atoms with E-state index in [2.05, 4.69) is 10.1 Å². The van der Waals surface area contributed by atoms with E-state index in [4.69, 9.17) is 5.73 Å². The van der Waals surface area contributed by atoms with Crippen molar-refractivity contribution in [2.24, 2.45) is 0 Å². The van der Waals surface area contributed by atoms with Crippen molar-refractivity contribution < 1.29 is 9.72 Å². The van der Waals surface area contributed by atoms with Gasteiger partial charge in [-0.05, 0) is 31.5 Å². The van der Waals surface area contributed by atoms with Gasteiger partial charge in [0.15, 0.2) is 11.4 Å². The molecule has 0 aliphatic carbocycles. The Bertz CT molecular complexity index is 1260. The number of nitrogens with zero attached hydrogens (tertiary/aromatic N) is 5. The lowest BCUT2D eigenvalue weighted by atomic mass is 10.3. The number of unbranched alkanes of at least 4 members (excludes halogenated alkanes) is 1. The standard InChI is InChI=1S/C20H23N7O5/c1-3-5-11-25-17(21)16(18(28)22-20(25)30)24(4-2)19(29)15-10-12-26(23-15)13-6-8-14(9-7-13)27(31)32/h6-10,12H,3-5,11,21H2,1-2H3,(H,22,28,30). The Labute approximate surface area is 182 Å². The van der Waals surface area contributed by atoms with Crippen molar-refractivity contribution in [3.63, 3.8) is 0 Å². The molecular weight excluding hydrogens is 418 g/mol. The fraction of sp³-hybridized carbons (Fsp3) is 0.300. The summed E-state index contributed by atoms with van der Waals surface area (Å²) in [6.45, 7) is 4.05. The van der Waals surface area contributed by atoms with Crippen LogP contribution in [0.5, 0.6) is 0 Å². The number of amides is 1. The van der Waals surface area contributed by atoms with Crippen LogP contribution in [0, 0.1) is 10.1 Å². The predicted octanol–water partition coefficient (Wildman–Crippen LogP) is 1.68. The number of anilines is 2. The topological polar surface area (TPSA) is 162 Å². The number of aromatic nitrogens is 4. The SMILES string of the molecule is CCCCn1c(N)c(N(CC)C(=O)c2ccn(-c3ccc([N+](=O)[O-])cc3)n2)c(=O)[nH]c1=O. The molecule has 3 aromatic rings. The second-order valence-corrected chi connectivity index (χ2v) is 6.97. The number of nitrogens with two attached hydrogens (primary N) is 1. The minimum absolute atomic E-state index is 0.0373. The molecule has 0 aliphatic rings. The van der Waals surface area contributed by atoms with Gasteiger partial charge in [-0.2, -0.15) is 5.10 Å². The van der Waals surface area contributed by atoms with E-state index >= 15 is 0 Å². The molecule has 2 aromatic heterocycles. The Morgan fingerprint density at radius 3 is 2.50 bits per heavy atom. The summed E-state index contributed by atoms with van der Waals surface area (Å²) in [7, 11) is 0. The van der Waals surface area contributed by atoms with Crippen LogP contribution >= 0.6 is 0 Å². The number of hydrogen-bond acceptors (Lipinski definition) is 7. The van der Waals surface area contributed by atoms with Crippen molar-refractivity contribution in [2.45, 2.75) is 33.2 Å². The van der Waals surface area contributed by atoms with Gasteiger partial charge in [-0.3, -0.25) is 34.2 Å². The summed E-state index contributed by atoms with van der Waals surface area (Å²) in [4.78, 5) is 51.5. The van der Waals surface area contributed by atoms with E-state index in [1.54, 1.807) is 6.92 Å². The number of nitro benzene ring substituents is 1. The monoisotopic (exact) mass is 441 g/mol. The molecule has 0 atom stereocenters. The number of nitrogen functional groups attached to an aromatic ring is 1. The Morgan fingerprint density at radius 1 is 1.22 bits per heavy atom. The number of nitrogens with one attached hydrogen (secondary N) is 1. The van der Waals surface area contributed by atoms with Crippen LogP contribution in [0.15, 0.2) is 46.1 Å². The third kappa shape index (κ3) is 4.29. The number of non-ortho nitro benzene ring substituents is 1.